The minimum absolute atomic E-state index is 0.129. The van der Waals surface area contributed by atoms with Gasteiger partial charge in [0.05, 0.1) is 25.9 Å². The second-order valence-electron chi connectivity index (χ2n) is 8.11. The van der Waals surface area contributed by atoms with Crippen LogP contribution in [0.1, 0.15) is 37.8 Å². The van der Waals surface area contributed by atoms with E-state index in [4.69, 9.17) is 14.2 Å². The summed E-state index contributed by atoms with van der Waals surface area (Å²) in [6.45, 7) is 7.42. The lowest BCUT2D eigenvalue weighted by Crippen LogP contribution is -2.35. The fourth-order valence-corrected chi connectivity index (χ4v) is 4.97. The van der Waals surface area contributed by atoms with Crippen molar-refractivity contribution in [1.82, 2.24) is 14.9 Å². The fraction of sp³-hybridized carbons (Fsp3) is 0.565. The minimum Gasteiger partial charge on any atom is -0.497 e. The Kier molecular flexibility index (Phi) is 6.11. The third kappa shape index (κ3) is 3.96. The summed E-state index contributed by atoms with van der Waals surface area (Å²) in [7, 11) is 1.69. The molecule has 1 N–H and O–H groups in total. The van der Waals surface area contributed by atoms with Crippen LogP contribution in [0.4, 0.5) is 0 Å². The van der Waals surface area contributed by atoms with Gasteiger partial charge in [-0.1, -0.05) is 12.1 Å². The number of hydrogen-bond donors (Lipinski definition) is 1. The molecule has 1 aliphatic heterocycles. The first-order valence-electron chi connectivity index (χ1n) is 10.8. The molecule has 1 saturated carbocycles. The zero-order chi connectivity index (χ0) is 21.1. The van der Waals surface area contributed by atoms with Crippen LogP contribution < -0.4 is 14.2 Å². The molecule has 1 saturated heterocycles. The summed E-state index contributed by atoms with van der Waals surface area (Å²) in [4.78, 5) is 11.2. The van der Waals surface area contributed by atoms with Crippen LogP contribution in [0.2, 0.25) is 0 Å². The summed E-state index contributed by atoms with van der Waals surface area (Å²) in [5.41, 5.74) is 0.920. The first-order chi connectivity index (χ1) is 14.6. The van der Waals surface area contributed by atoms with E-state index in [2.05, 4.69) is 27.0 Å². The molecule has 30 heavy (non-hydrogen) atoms. The molecule has 0 bridgehead atoms. The summed E-state index contributed by atoms with van der Waals surface area (Å²) < 4.78 is 16.6. The first-order valence-corrected chi connectivity index (χ1v) is 10.8. The molecule has 2 heterocycles. The predicted octanol–water partition coefficient (Wildman–Crippen LogP) is 3.01. The molecule has 2 aliphatic rings. The van der Waals surface area contributed by atoms with E-state index in [1.54, 1.807) is 13.3 Å². The van der Waals surface area contributed by atoms with Crippen molar-refractivity contribution in [3.63, 3.8) is 0 Å². The normalized spacial score (nSPS) is 25.9. The van der Waals surface area contributed by atoms with Gasteiger partial charge in [0, 0.05) is 31.7 Å². The zero-order valence-electron chi connectivity index (χ0n) is 18.0. The highest BCUT2D eigenvalue weighted by atomic mass is 16.5. The molecular formula is C23H31N3O4. The van der Waals surface area contributed by atoms with Gasteiger partial charge in [-0.25, -0.2) is 4.98 Å². The molecule has 4 rings (SSSR count). The molecule has 0 spiro atoms. The Labute approximate surface area is 178 Å². The lowest BCUT2D eigenvalue weighted by molar-refractivity contribution is -0.0101. The van der Waals surface area contributed by atoms with Crippen molar-refractivity contribution < 1.29 is 19.3 Å². The van der Waals surface area contributed by atoms with Crippen LogP contribution in [-0.2, 0) is 12.1 Å². The van der Waals surface area contributed by atoms with Gasteiger partial charge < -0.3 is 19.3 Å². The molecule has 1 aliphatic carbocycles. The minimum atomic E-state index is -0.983. The van der Waals surface area contributed by atoms with Crippen LogP contribution in [0.5, 0.6) is 17.6 Å². The molecule has 162 valence electrons. The third-order valence-corrected chi connectivity index (χ3v) is 6.32. The number of aliphatic hydroxyl groups is 1. The van der Waals surface area contributed by atoms with Crippen molar-refractivity contribution in [2.24, 2.45) is 11.8 Å². The van der Waals surface area contributed by atoms with E-state index >= 15 is 0 Å². The Morgan fingerprint density at radius 1 is 1.20 bits per heavy atom. The average Bonchev–Trinajstić information content (AvgIpc) is 3.29. The Bertz CT molecular complexity index is 877. The summed E-state index contributed by atoms with van der Waals surface area (Å²) >= 11 is 0. The molecule has 0 unspecified atom stereocenters. The van der Waals surface area contributed by atoms with Gasteiger partial charge >= 0.3 is 6.01 Å². The lowest BCUT2D eigenvalue weighted by Gasteiger charge is -2.31. The van der Waals surface area contributed by atoms with Gasteiger partial charge in [-0.2, -0.15) is 4.98 Å². The molecule has 1 aromatic carbocycles. The second kappa shape index (κ2) is 8.78. The number of likely N-dealkylation sites (tertiary alicyclic amines) is 1. The summed E-state index contributed by atoms with van der Waals surface area (Å²) in [5.74, 6) is 1.88. The van der Waals surface area contributed by atoms with E-state index in [-0.39, 0.29) is 11.9 Å². The molecule has 2 fully saturated rings. The van der Waals surface area contributed by atoms with E-state index in [0.717, 1.165) is 31.8 Å². The number of rotatable bonds is 8. The van der Waals surface area contributed by atoms with Crippen LogP contribution in [0, 0.1) is 11.8 Å². The van der Waals surface area contributed by atoms with Crippen molar-refractivity contribution in [2.75, 3.05) is 33.4 Å². The average molecular weight is 414 g/mol. The number of aromatic nitrogens is 2. The highest BCUT2D eigenvalue weighted by molar-refractivity contribution is 5.34. The van der Waals surface area contributed by atoms with Gasteiger partial charge in [-0.05, 0) is 50.3 Å². The predicted molar refractivity (Wildman–Crippen MR) is 113 cm³/mol. The van der Waals surface area contributed by atoms with E-state index in [1.165, 1.54) is 5.56 Å². The van der Waals surface area contributed by atoms with Gasteiger partial charge in [-0.3, -0.25) is 4.90 Å². The zero-order valence-corrected chi connectivity index (χ0v) is 18.0. The second-order valence-corrected chi connectivity index (χ2v) is 8.11. The van der Waals surface area contributed by atoms with E-state index < -0.39 is 5.60 Å². The Morgan fingerprint density at radius 3 is 2.80 bits per heavy atom. The quantitative estimate of drug-likeness (QED) is 0.713. The molecule has 3 atom stereocenters. The monoisotopic (exact) mass is 413 g/mol. The number of methoxy groups -OCH3 is 1. The number of fused-ring (bicyclic) bond motifs is 1. The van der Waals surface area contributed by atoms with Crippen LogP contribution in [0.15, 0.2) is 30.5 Å². The van der Waals surface area contributed by atoms with Crippen LogP contribution in [0.25, 0.3) is 0 Å². The van der Waals surface area contributed by atoms with Gasteiger partial charge in [-0.15, -0.1) is 0 Å². The van der Waals surface area contributed by atoms with Crippen LogP contribution in [-0.4, -0.2) is 53.4 Å². The summed E-state index contributed by atoms with van der Waals surface area (Å²) in [6.07, 6.45) is 3.37. The van der Waals surface area contributed by atoms with E-state index in [1.807, 2.05) is 26.0 Å². The largest absolute Gasteiger partial charge is 0.497 e. The highest BCUT2D eigenvalue weighted by Gasteiger charge is 2.53. The van der Waals surface area contributed by atoms with E-state index in [0.29, 0.717) is 37.0 Å². The van der Waals surface area contributed by atoms with E-state index in [9.17, 15) is 5.11 Å². The standard InChI is InChI=1S/C23H31N3O4/c1-4-29-21-19(12-24-22(25-21)30-5-2)23(27)10-9-17-14-26(15-20(17)23)13-16-7-6-8-18(11-16)28-3/h6-8,11-12,17,20,27H,4-5,9-10,13-15H2,1-3H3/t17-,20+,23+/m0/s1. The fourth-order valence-electron chi connectivity index (χ4n) is 4.97. The SMILES string of the molecule is CCOc1ncc([C@]2(O)CC[C@H]3CN(Cc4cccc(OC)c4)C[C@H]32)c(OCC)n1. The van der Waals surface area contributed by atoms with Gasteiger partial charge in [0.15, 0.2) is 0 Å². The van der Waals surface area contributed by atoms with Gasteiger partial charge in [0.25, 0.3) is 0 Å². The van der Waals surface area contributed by atoms with Crippen LogP contribution >= 0.6 is 0 Å². The van der Waals surface area contributed by atoms with Crippen molar-refractivity contribution in [3.05, 3.63) is 41.6 Å². The highest BCUT2D eigenvalue weighted by Crippen LogP contribution is 2.52. The van der Waals surface area contributed by atoms with Crippen molar-refractivity contribution in [2.45, 2.75) is 38.8 Å². The topological polar surface area (TPSA) is 76.9 Å². The molecule has 7 nitrogen and oxygen atoms in total. The van der Waals surface area contributed by atoms with Crippen molar-refractivity contribution in [3.8, 4) is 17.6 Å². The lowest BCUT2D eigenvalue weighted by atomic mass is 9.83. The first kappa shape index (κ1) is 20.9. The smallest absolute Gasteiger partial charge is 0.319 e. The Morgan fingerprint density at radius 2 is 2.03 bits per heavy atom. The molecular weight excluding hydrogens is 382 g/mol. The summed E-state index contributed by atoms with van der Waals surface area (Å²) in [6, 6.07) is 8.47. The summed E-state index contributed by atoms with van der Waals surface area (Å²) in [5, 5.41) is 11.8. The molecule has 7 heteroatoms. The van der Waals surface area contributed by atoms with Gasteiger partial charge in [0.1, 0.15) is 11.4 Å². The van der Waals surface area contributed by atoms with Gasteiger partial charge in [0.2, 0.25) is 5.88 Å². The van der Waals surface area contributed by atoms with Crippen molar-refractivity contribution >= 4 is 0 Å². The maximum atomic E-state index is 11.8. The number of benzene rings is 1. The number of hydrogen-bond acceptors (Lipinski definition) is 7. The molecule has 0 amide bonds. The van der Waals surface area contributed by atoms with Crippen LogP contribution in [0.3, 0.4) is 0 Å². The maximum absolute atomic E-state index is 11.8. The molecule has 0 radical (unpaired) electrons. The molecule has 1 aromatic heterocycles. The number of nitrogens with zero attached hydrogens (tertiary/aromatic N) is 3. The van der Waals surface area contributed by atoms with Crippen molar-refractivity contribution in [1.29, 1.82) is 0 Å². The number of ether oxygens (including phenoxy) is 3. The maximum Gasteiger partial charge on any atom is 0.319 e. The Balaban J connectivity index is 1.54. The third-order valence-electron chi connectivity index (χ3n) is 6.32. The Hall–Kier alpha value is -2.38. The molecule has 2 aromatic rings.